The van der Waals surface area contributed by atoms with Gasteiger partial charge >= 0.3 is 0 Å². The van der Waals surface area contributed by atoms with E-state index in [-0.39, 0.29) is 10.6 Å². The summed E-state index contributed by atoms with van der Waals surface area (Å²) < 4.78 is 0.961. The third-order valence-corrected chi connectivity index (χ3v) is 2.94. The largest absolute Gasteiger partial charge is 0.272 e. The van der Waals surface area contributed by atoms with Crippen molar-refractivity contribution in [1.82, 2.24) is 0 Å². The van der Waals surface area contributed by atoms with Crippen LogP contribution in [-0.4, -0.2) is 4.92 Å². The molecular formula is C10H12BrNO2. The molecule has 0 radical (unpaired) electrons. The van der Waals surface area contributed by atoms with Gasteiger partial charge in [-0.3, -0.25) is 10.1 Å². The zero-order chi connectivity index (χ0) is 10.7. The number of hydrogen-bond acceptors (Lipinski definition) is 2. The summed E-state index contributed by atoms with van der Waals surface area (Å²) in [4.78, 5) is 10.4. The Kier molecular flexibility index (Phi) is 3.63. The van der Waals surface area contributed by atoms with Gasteiger partial charge in [-0.1, -0.05) is 29.8 Å². The van der Waals surface area contributed by atoms with Crippen LogP contribution in [0.5, 0.6) is 0 Å². The Bertz CT molecular complexity index is 363. The maximum atomic E-state index is 10.8. The summed E-state index contributed by atoms with van der Waals surface area (Å²) >= 11 is 3.41. The molecule has 0 unspecified atom stereocenters. The number of aryl methyl sites for hydroxylation is 2. The van der Waals surface area contributed by atoms with E-state index in [2.05, 4.69) is 15.9 Å². The topological polar surface area (TPSA) is 43.1 Å². The molecule has 1 rings (SSSR count). The predicted molar refractivity (Wildman–Crippen MR) is 59.6 cm³/mol. The van der Waals surface area contributed by atoms with Crippen molar-refractivity contribution >= 4 is 21.6 Å². The molecule has 0 aliphatic heterocycles. The summed E-state index contributed by atoms with van der Waals surface area (Å²) in [6.45, 7) is 3.90. The fourth-order valence-electron chi connectivity index (χ4n) is 1.37. The van der Waals surface area contributed by atoms with Crippen molar-refractivity contribution in [1.29, 1.82) is 0 Å². The molecule has 0 aromatic heterocycles. The highest BCUT2D eigenvalue weighted by Gasteiger charge is 2.14. The highest BCUT2D eigenvalue weighted by atomic mass is 79.9. The van der Waals surface area contributed by atoms with Crippen molar-refractivity contribution in [3.05, 3.63) is 37.8 Å². The molecule has 0 saturated carbocycles. The summed E-state index contributed by atoms with van der Waals surface area (Å²) in [5.41, 5.74) is 1.99. The molecule has 0 aliphatic rings. The maximum absolute atomic E-state index is 10.8. The molecule has 0 amide bonds. The van der Waals surface area contributed by atoms with Gasteiger partial charge in [-0.15, -0.1) is 0 Å². The zero-order valence-electron chi connectivity index (χ0n) is 8.21. The number of hydrogen-bond donors (Lipinski definition) is 0. The minimum Gasteiger partial charge on any atom is -0.258 e. The normalized spacial score (nSPS) is 10.2. The Morgan fingerprint density at radius 3 is 2.29 bits per heavy atom. The van der Waals surface area contributed by atoms with Crippen LogP contribution < -0.4 is 0 Å². The van der Waals surface area contributed by atoms with Crippen molar-refractivity contribution in [3.63, 3.8) is 0 Å². The highest BCUT2D eigenvalue weighted by molar-refractivity contribution is 9.10. The number of nitro benzene ring substituents is 1. The molecule has 0 aliphatic carbocycles. The van der Waals surface area contributed by atoms with E-state index in [0.29, 0.717) is 6.42 Å². The lowest BCUT2D eigenvalue weighted by Crippen LogP contribution is -1.97. The molecule has 0 N–H and O–H groups in total. The van der Waals surface area contributed by atoms with Crippen LogP contribution in [0.15, 0.2) is 16.6 Å². The Balaban J connectivity index is 3.32. The Labute approximate surface area is 91.4 Å². The van der Waals surface area contributed by atoms with E-state index in [9.17, 15) is 10.1 Å². The molecule has 0 heterocycles. The summed E-state index contributed by atoms with van der Waals surface area (Å²) in [5.74, 6) is 0. The molecule has 1 aromatic rings. The molecule has 0 bridgehead atoms. The van der Waals surface area contributed by atoms with Gasteiger partial charge in [0.25, 0.3) is 5.69 Å². The average Bonchev–Trinajstić information content (AvgIpc) is 2.16. The fourth-order valence-corrected chi connectivity index (χ4v) is 2.04. The number of nitrogens with zero attached hydrogens (tertiary/aromatic N) is 1. The van der Waals surface area contributed by atoms with E-state index < -0.39 is 0 Å². The van der Waals surface area contributed by atoms with E-state index in [1.807, 2.05) is 19.9 Å². The first-order valence-electron chi connectivity index (χ1n) is 4.55. The second-order valence-corrected chi connectivity index (χ2v) is 3.89. The maximum Gasteiger partial charge on any atom is 0.272 e. The quantitative estimate of drug-likeness (QED) is 0.615. The average molecular weight is 258 g/mol. The van der Waals surface area contributed by atoms with Gasteiger partial charge in [0.1, 0.15) is 0 Å². The van der Waals surface area contributed by atoms with Gasteiger partial charge in [-0.05, 0) is 24.5 Å². The molecular weight excluding hydrogens is 246 g/mol. The van der Waals surface area contributed by atoms with Crippen molar-refractivity contribution < 1.29 is 4.92 Å². The second kappa shape index (κ2) is 4.55. The predicted octanol–water partition coefficient (Wildman–Crippen LogP) is 3.48. The molecule has 1 aromatic carbocycles. The molecule has 14 heavy (non-hydrogen) atoms. The van der Waals surface area contributed by atoms with Gasteiger partial charge < -0.3 is 0 Å². The van der Waals surface area contributed by atoms with Gasteiger partial charge in [0.2, 0.25) is 0 Å². The van der Waals surface area contributed by atoms with Crippen molar-refractivity contribution in [3.8, 4) is 0 Å². The van der Waals surface area contributed by atoms with Crippen LogP contribution in [0.25, 0.3) is 0 Å². The van der Waals surface area contributed by atoms with E-state index in [1.165, 1.54) is 0 Å². The molecule has 0 saturated heterocycles. The van der Waals surface area contributed by atoms with Gasteiger partial charge in [0.15, 0.2) is 0 Å². The molecule has 4 heteroatoms. The summed E-state index contributed by atoms with van der Waals surface area (Å²) in [6, 6.07) is 3.50. The van der Waals surface area contributed by atoms with Crippen molar-refractivity contribution in [2.24, 2.45) is 0 Å². The third kappa shape index (κ3) is 2.12. The number of nitro groups is 1. The standard InChI is InChI=1S/C10H12BrNO2/c1-3-7-6-10(12(13)14)8(4-2)5-9(7)11/h5-6H,3-4H2,1-2H3. The second-order valence-electron chi connectivity index (χ2n) is 3.04. The van der Waals surface area contributed by atoms with Crippen LogP contribution in [0.4, 0.5) is 5.69 Å². The van der Waals surface area contributed by atoms with Gasteiger partial charge in [0, 0.05) is 16.1 Å². The lowest BCUT2D eigenvalue weighted by atomic mass is 10.1. The van der Waals surface area contributed by atoms with Crippen molar-refractivity contribution in [2.75, 3.05) is 0 Å². The summed E-state index contributed by atoms with van der Waals surface area (Å²) in [7, 11) is 0. The number of rotatable bonds is 3. The Morgan fingerprint density at radius 2 is 1.86 bits per heavy atom. The minimum absolute atomic E-state index is 0.229. The van der Waals surface area contributed by atoms with Crippen LogP contribution in [0.1, 0.15) is 25.0 Å². The molecule has 0 fully saturated rings. The SMILES string of the molecule is CCc1cc([N+](=O)[O-])c(CC)cc1Br. The summed E-state index contributed by atoms with van der Waals surface area (Å²) in [5, 5.41) is 10.8. The smallest absolute Gasteiger partial charge is 0.258 e. The first-order valence-corrected chi connectivity index (χ1v) is 5.35. The number of halogens is 1. The zero-order valence-corrected chi connectivity index (χ0v) is 9.80. The molecule has 0 atom stereocenters. The van der Waals surface area contributed by atoms with Crippen LogP contribution in [0, 0.1) is 10.1 Å². The molecule has 3 nitrogen and oxygen atoms in total. The fraction of sp³-hybridized carbons (Fsp3) is 0.400. The first kappa shape index (κ1) is 11.2. The molecule has 0 spiro atoms. The van der Waals surface area contributed by atoms with Crippen LogP contribution >= 0.6 is 15.9 Å². The number of benzene rings is 1. The Hall–Kier alpha value is -0.900. The van der Waals surface area contributed by atoms with Crippen LogP contribution in [0.3, 0.4) is 0 Å². The van der Waals surface area contributed by atoms with E-state index in [4.69, 9.17) is 0 Å². The van der Waals surface area contributed by atoms with Crippen LogP contribution in [0.2, 0.25) is 0 Å². The monoisotopic (exact) mass is 257 g/mol. The lowest BCUT2D eigenvalue weighted by molar-refractivity contribution is -0.385. The lowest BCUT2D eigenvalue weighted by Gasteiger charge is -2.05. The highest BCUT2D eigenvalue weighted by Crippen LogP contribution is 2.27. The van der Waals surface area contributed by atoms with Gasteiger partial charge in [-0.25, -0.2) is 0 Å². The third-order valence-electron chi connectivity index (χ3n) is 2.21. The van der Waals surface area contributed by atoms with Gasteiger partial charge in [-0.2, -0.15) is 0 Å². The van der Waals surface area contributed by atoms with Crippen molar-refractivity contribution in [2.45, 2.75) is 26.7 Å². The summed E-state index contributed by atoms with van der Waals surface area (Å²) in [6.07, 6.45) is 1.48. The van der Waals surface area contributed by atoms with Crippen LogP contribution in [-0.2, 0) is 12.8 Å². The Morgan fingerprint density at radius 1 is 1.29 bits per heavy atom. The van der Waals surface area contributed by atoms with E-state index >= 15 is 0 Å². The first-order chi connectivity index (χ1) is 6.60. The minimum atomic E-state index is -0.315. The van der Waals surface area contributed by atoms with E-state index in [0.717, 1.165) is 22.0 Å². The van der Waals surface area contributed by atoms with Gasteiger partial charge in [0.05, 0.1) is 4.92 Å². The molecule has 76 valence electrons. The van der Waals surface area contributed by atoms with E-state index in [1.54, 1.807) is 6.07 Å².